The summed E-state index contributed by atoms with van der Waals surface area (Å²) in [5.74, 6) is 0. The topological polar surface area (TPSA) is 17.1 Å². The molecule has 0 aliphatic heterocycles. The van der Waals surface area contributed by atoms with Gasteiger partial charge < -0.3 is 0 Å². The minimum atomic E-state index is 0. The van der Waals surface area contributed by atoms with Gasteiger partial charge >= 0.3 is 70.7 Å². The van der Waals surface area contributed by atoms with Gasteiger partial charge in [-0.05, 0) is 0 Å². The summed E-state index contributed by atoms with van der Waals surface area (Å²) in [4.78, 5) is 0. The summed E-state index contributed by atoms with van der Waals surface area (Å²) in [6.07, 6.45) is 0. The van der Waals surface area contributed by atoms with Gasteiger partial charge in [-0.3, -0.25) is 0 Å². The smallest absolute Gasteiger partial charge is 0 e. The molecule has 0 unspecified atom stereocenters. The first-order valence-electron chi connectivity index (χ1n) is 0.289. The van der Waals surface area contributed by atoms with Crippen LogP contribution in [0.3, 0.4) is 0 Å². The maximum absolute atomic E-state index is 8.38. The second kappa shape index (κ2) is 17.3. The molecular weight excluding hydrogens is 267 g/mol. The van der Waals surface area contributed by atoms with Gasteiger partial charge in [0, 0.05) is 21.7 Å². The third-order valence-electron chi connectivity index (χ3n) is 0. The van der Waals surface area contributed by atoms with Gasteiger partial charge in [0.25, 0.3) is 0 Å². The summed E-state index contributed by atoms with van der Waals surface area (Å²) < 4.78 is 8.38. The number of rotatable bonds is 0. The van der Waals surface area contributed by atoms with Gasteiger partial charge in [0.2, 0.25) is 0 Å². The fraction of sp³-hybridized carbons (Fsp3) is 0. The van der Waals surface area contributed by atoms with Gasteiger partial charge in [-0.15, -0.1) is 0 Å². The van der Waals surface area contributed by atoms with Crippen LogP contribution in [-0.4, -0.2) is 48.9 Å². The average molecular weight is 269 g/mol. The Labute approximate surface area is 90.2 Å². The summed E-state index contributed by atoms with van der Waals surface area (Å²) in [6, 6.07) is 0. The molecule has 0 spiro atoms. The quantitative estimate of drug-likeness (QED) is 0.513. The van der Waals surface area contributed by atoms with E-state index in [0.29, 0.717) is 0 Å². The van der Waals surface area contributed by atoms with E-state index in [9.17, 15) is 0 Å². The Morgan fingerprint density at radius 2 is 1.25 bits per heavy atom. The zero-order chi connectivity index (χ0) is 2.00. The van der Waals surface area contributed by atoms with Crippen molar-refractivity contribution < 1.29 is 43.5 Å². The predicted octanol–water partition coefficient (Wildman–Crippen LogP) is -1.04. The third kappa shape index (κ3) is 8.83. The molecular formula is H2BaOTiZn. The maximum Gasteiger partial charge on any atom is 0 e. The molecule has 0 N–H and O–H groups in total. The van der Waals surface area contributed by atoms with E-state index in [4.69, 9.17) is 3.57 Å². The third-order valence-corrected chi connectivity index (χ3v) is 0. The molecule has 0 radical (unpaired) electrons. The van der Waals surface area contributed by atoms with E-state index in [0.717, 1.165) is 0 Å². The van der Waals surface area contributed by atoms with Crippen LogP contribution in [0, 0.1) is 0 Å². The van der Waals surface area contributed by atoms with Crippen LogP contribution in [0.5, 0.6) is 0 Å². The standard InChI is InChI=1S/Ba.O.Ti.Zn.2H. The first-order chi connectivity index (χ1) is 1.00. The van der Waals surface area contributed by atoms with Crippen LogP contribution >= 0.6 is 0 Å². The monoisotopic (exact) mass is 268 g/mol. The van der Waals surface area contributed by atoms with E-state index < -0.39 is 0 Å². The zero-order valence-corrected chi connectivity index (χ0v) is 6.14. The van der Waals surface area contributed by atoms with Crippen LogP contribution in [-0.2, 0) is 43.5 Å². The van der Waals surface area contributed by atoms with Crippen molar-refractivity contribution in [3.05, 3.63) is 0 Å². The summed E-state index contributed by atoms with van der Waals surface area (Å²) in [5, 5.41) is 0. The van der Waals surface area contributed by atoms with E-state index in [1.807, 2.05) is 0 Å². The second-order valence-electron chi connectivity index (χ2n) is 0. The van der Waals surface area contributed by atoms with Gasteiger partial charge in [0.15, 0.2) is 0 Å². The van der Waals surface area contributed by atoms with Crippen molar-refractivity contribution in [3.8, 4) is 0 Å². The molecule has 0 aliphatic carbocycles. The van der Waals surface area contributed by atoms with E-state index in [2.05, 4.69) is 0 Å². The Bertz CT molecular complexity index is 8.00. The van der Waals surface area contributed by atoms with Gasteiger partial charge in [0.1, 0.15) is 0 Å². The van der Waals surface area contributed by atoms with Crippen LogP contribution in [0.15, 0.2) is 0 Å². The molecule has 16 valence electrons. The molecule has 4 heteroatoms. The summed E-state index contributed by atoms with van der Waals surface area (Å²) in [5.41, 5.74) is 0. The van der Waals surface area contributed by atoms with E-state index in [1.54, 1.807) is 0 Å². The Kier molecular flexibility index (Phi) is 68.5. The molecule has 0 amide bonds. The van der Waals surface area contributed by atoms with Crippen molar-refractivity contribution in [2.75, 3.05) is 0 Å². The summed E-state index contributed by atoms with van der Waals surface area (Å²) in [7, 11) is 0. The molecule has 0 aromatic rings. The molecule has 0 bridgehead atoms. The van der Waals surface area contributed by atoms with Gasteiger partial charge in [0.05, 0.1) is 0 Å². The molecule has 0 heterocycles. The molecule has 0 rings (SSSR count). The molecule has 0 aliphatic rings. The van der Waals surface area contributed by atoms with Crippen molar-refractivity contribution in [2.24, 2.45) is 0 Å². The Balaban J connectivity index is -0.00000000500. The summed E-state index contributed by atoms with van der Waals surface area (Å²) in [6.45, 7) is 0. The molecule has 0 saturated heterocycles. The van der Waals surface area contributed by atoms with Crippen LogP contribution in [0.2, 0.25) is 0 Å². The maximum atomic E-state index is 8.38. The molecule has 4 heavy (non-hydrogen) atoms. The Hall–Kier alpha value is 2.71. The normalized spacial score (nSPS) is 1.50. The van der Waals surface area contributed by atoms with Crippen LogP contribution < -0.4 is 0 Å². The number of hydrogen-bond acceptors (Lipinski definition) is 1. The summed E-state index contributed by atoms with van der Waals surface area (Å²) >= 11 is 0.125. The largest absolute Gasteiger partial charge is 0 e. The molecule has 0 fully saturated rings. The molecule has 0 aromatic carbocycles. The van der Waals surface area contributed by atoms with Crippen LogP contribution in [0.25, 0.3) is 0 Å². The van der Waals surface area contributed by atoms with Crippen LogP contribution in [0.4, 0.5) is 0 Å². The molecule has 1 nitrogen and oxygen atoms in total. The SMILES string of the molecule is [BaH2].[O]=[Zn].[Ti]. The molecule has 0 saturated carbocycles. The van der Waals surface area contributed by atoms with E-state index in [-0.39, 0.29) is 88.9 Å². The average Bonchev–Trinajstić information content (AvgIpc) is 1.00. The first-order valence-corrected chi connectivity index (χ1v) is 1.50. The van der Waals surface area contributed by atoms with Gasteiger partial charge in [-0.1, -0.05) is 0 Å². The predicted molar refractivity (Wildman–Crippen MR) is 9.23 cm³/mol. The van der Waals surface area contributed by atoms with Crippen molar-refractivity contribution in [3.63, 3.8) is 0 Å². The molecule has 0 aromatic heterocycles. The second-order valence-corrected chi connectivity index (χ2v) is 0. The molecule has 0 atom stereocenters. The van der Waals surface area contributed by atoms with Gasteiger partial charge in [-0.2, -0.15) is 0 Å². The Morgan fingerprint density at radius 3 is 1.25 bits per heavy atom. The van der Waals surface area contributed by atoms with Gasteiger partial charge in [-0.25, -0.2) is 0 Å². The fourth-order valence-corrected chi connectivity index (χ4v) is 0. The Morgan fingerprint density at radius 1 is 1.25 bits per heavy atom. The number of hydrogen-bond donors (Lipinski definition) is 0. The van der Waals surface area contributed by atoms with Crippen LogP contribution in [0.1, 0.15) is 0 Å². The van der Waals surface area contributed by atoms with Crippen molar-refractivity contribution in [2.45, 2.75) is 0 Å². The van der Waals surface area contributed by atoms with E-state index >= 15 is 0 Å². The van der Waals surface area contributed by atoms with Crippen molar-refractivity contribution in [1.29, 1.82) is 0 Å². The zero-order valence-electron chi connectivity index (χ0n) is 1.62. The fourth-order valence-electron chi connectivity index (χ4n) is 0. The van der Waals surface area contributed by atoms with E-state index in [1.165, 1.54) is 0 Å². The minimum Gasteiger partial charge on any atom is 0 e. The van der Waals surface area contributed by atoms with Crippen molar-refractivity contribution >= 4 is 48.9 Å². The van der Waals surface area contributed by atoms with Crippen molar-refractivity contribution in [1.82, 2.24) is 0 Å². The minimum absolute atomic E-state index is 0. The first kappa shape index (κ1) is 15.9.